The number of likely N-dealkylation sites (tertiary alicyclic amines) is 1. The molecule has 3 rings (SSSR count). The minimum atomic E-state index is -0.749. The number of carboxylic acid groups (broad SMARTS) is 1. The van der Waals surface area contributed by atoms with Gasteiger partial charge in [0, 0.05) is 17.3 Å². The third-order valence-corrected chi connectivity index (χ3v) is 5.33. The third kappa shape index (κ3) is 3.16. The van der Waals surface area contributed by atoms with E-state index in [1.807, 2.05) is 24.3 Å². The molecule has 116 valence electrons. The Hall–Kier alpha value is -1.43. The van der Waals surface area contributed by atoms with Gasteiger partial charge in [-0.15, -0.1) is 11.3 Å². The maximum absolute atomic E-state index is 11.7. The Morgan fingerprint density at radius 3 is 2.73 bits per heavy atom. The maximum Gasteiger partial charge on any atom is 0.320 e. The number of carboxylic acids is 1. The van der Waals surface area contributed by atoms with Crippen LogP contribution in [-0.4, -0.2) is 33.5 Å². The molecular formula is C16H17ClN2O2S. The molecule has 2 atom stereocenters. The Kier molecular flexibility index (Phi) is 4.76. The smallest absolute Gasteiger partial charge is 0.320 e. The summed E-state index contributed by atoms with van der Waals surface area (Å²) < 4.78 is 0.720. The molecule has 2 aromatic heterocycles. The summed E-state index contributed by atoms with van der Waals surface area (Å²) >= 11 is 7.61. The maximum atomic E-state index is 11.7. The second kappa shape index (κ2) is 6.77. The largest absolute Gasteiger partial charge is 0.480 e. The first-order valence-corrected chi connectivity index (χ1v) is 8.50. The summed E-state index contributed by atoms with van der Waals surface area (Å²) in [5.74, 6) is -0.749. The Morgan fingerprint density at radius 2 is 2.09 bits per heavy atom. The number of halogens is 1. The molecule has 0 aliphatic carbocycles. The van der Waals surface area contributed by atoms with Gasteiger partial charge in [0.25, 0.3) is 0 Å². The Bertz CT molecular complexity index is 647. The molecule has 4 nitrogen and oxygen atoms in total. The predicted octanol–water partition coefficient (Wildman–Crippen LogP) is 3.83. The molecule has 0 aromatic carbocycles. The van der Waals surface area contributed by atoms with Crippen LogP contribution in [0, 0.1) is 0 Å². The third-order valence-electron chi connectivity index (χ3n) is 4.05. The number of carbonyl (C=O) groups is 1. The lowest BCUT2D eigenvalue weighted by Gasteiger charge is -2.39. The van der Waals surface area contributed by atoms with Crippen LogP contribution in [0.2, 0.25) is 4.34 Å². The van der Waals surface area contributed by atoms with Gasteiger partial charge in [0.15, 0.2) is 0 Å². The van der Waals surface area contributed by atoms with Crippen molar-refractivity contribution in [3.05, 3.63) is 51.4 Å². The van der Waals surface area contributed by atoms with E-state index in [1.165, 1.54) is 11.3 Å². The summed E-state index contributed by atoms with van der Waals surface area (Å²) in [6.07, 6.45) is 6.16. The zero-order chi connectivity index (χ0) is 15.5. The molecule has 1 saturated heterocycles. The van der Waals surface area contributed by atoms with Crippen LogP contribution in [0.1, 0.15) is 35.7 Å². The number of hydrogen-bond acceptors (Lipinski definition) is 4. The summed E-state index contributed by atoms with van der Waals surface area (Å²) in [4.78, 5) is 18.9. The Morgan fingerprint density at radius 1 is 1.32 bits per heavy atom. The van der Waals surface area contributed by atoms with E-state index >= 15 is 0 Å². The fraction of sp³-hybridized carbons (Fsp3) is 0.375. The lowest BCUT2D eigenvalue weighted by molar-refractivity contribution is -0.145. The topological polar surface area (TPSA) is 53.4 Å². The first kappa shape index (κ1) is 15.5. The fourth-order valence-corrected chi connectivity index (χ4v) is 4.28. The average Bonchev–Trinajstić information content (AvgIpc) is 2.95. The molecular weight excluding hydrogens is 320 g/mol. The summed E-state index contributed by atoms with van der Waals surface area (Å²) in [7, 11) is 0. The molecule has 0 bridgehead atoms. The summed E-state index contributed by atoms with van der Waals surface area (Å²) in [6.45, 7) is 0.777. The quantitative estimate of drug-likeness (QED) is 0.922. The van der Waals surface area contributed by atoms with Crippen LogP contribution < -0.4 is 0 Å². The van der Waals surface area contributed by atoms with Crippen LogP contribution in [-0.2, 0) is 4.79 Å². The highest BCUT2D eigenvalue weighted by atomic mass is 35.5. The highest BCUT2D eigenvalue weighted by Gasteiger charge is 2.35. The van der Waals surface area contributed by atoms with Crippen LogP contribution >= 0.6 is 22.9 Å². The molecule has 1 aliphatic heterocycles. The number of rotatable bonds is 4. The number of thiophene rings is 1. The lowest BCUT2D eigenvalue weighted by atomic mass is 9.96. The predicted molar refractivity (Wildman–Crippen MR) is 87.4 cm³/mol. The van der Waals surface area contributed by atoms with Crippen LogP contribution in [0.3, 0.4) is 0 Å². The highest BCUT2D eigenvalue weighted by molar-refractivity contribution is 7.16. The van der Waals surface area contributed by atoms with Gasteiger partial charge in [0.05, 0.1) is 10.4 Å². The molecule has 1 aliphatic rings. The van der Waals surface area contributed by atoms with Gasteiger partial charge in [-0.05, 0) is 49.2 Å². The molecule has 0 saturated carbocycles. The summed E-state index contributed by atoms with van der Waals surface area (Å²) in [6, 6.07) is 7.23. The van der Waals surface area contributed by atoms with Crippen molar-refractivity contribution in [1.29, 1.82) is 0 Å². The van der Waals surface area contributed by atoms with E-state index in [0.29, 0.717) is 6.42 Å². The van der Waals surface area contributed by atoms with Crippen molar-refractivity contribution >= 4 is 28.9 Å². The van der Waals surface area contributed by atoms with Crippen LogP contribution in [0.4, 0.5) is 0 Å². The molecule has 0 spiro atoms. The molecule has 0 radical (unpaired) electrons. The van der Waals surface area contributed by atoms with Gasteiger partial charge in [-0.3, -0.25) is 14.7 Å². The van der Waals surface area contributed by atoms with Crippen molar-refractivity contribution in [2.24, 2.45) is 0 Å². The minimum absolute atomic E-state index is 0.0816. The van der Waals surface area contributed by atoms with Crippen molar-refractivity contribution in [2.75, 3.05) is 6.54 Å². The molecule has 2 aromatic rings. The molecule has 0 amide bonds. The van der Waals surface area contributed by atoms with Gasteiger partial charge in [-0.1, -0.05) is 18.0 Å². The van der Waals surface area contributed by atoms with Gasteiger partial charge < -0.3 is 5.11 Å². The first-order valence-electron chi connectivity index (χ1n) is 7.30. The monoisotopic (exact) mass is 336 g/mol. The molecule has 22 heavy (non-hydrogen) atoms. The molecule has 3 heterocycles. The summed E-state index contributed by atoms with van der Waals surface area (Å²) in [5, 5.41) is 9.58. The molecule has 1 fully saturated rings. The van der Waals surface area contributed by atoms with Crippen LogP contribution in [0.15, 0.2) is 36.7 Å². The van der Waals surface area contributed by atoms with Gasteiger partial charge in [0.1, 0.15) is 6.04 Å². The number of hydrogen-bond donors (Lipinski definition) is 1. The number of piperidine rings is 1. The van der Waals surface area contributed by atoms with Crippen molar-refractivity contribution < 1.29 is 9.90 Å². The number of aliphatic carboxylic acids is 1. The van der Waals surface area contributed by atoms with Crippen LogP contribution in [0.5, 0.6) is 0 Å². The number of nitrogens with zero attached hydrogens (tertiary/aromatic N) is 2. The Labute approximate surface area is 138 Å². The lowest BCUT2D eigenvalue weighted by Crippen LogP contribution is -2.46. The van der Waals surface area contributed by atoms with E-state index in [2.05, 4.69) is 9.88 Å². The van der Waals surface area contributed by atoms with E-state index in [4.69, 9.17) is 11.6 Å². The highest BCUT2D eigenvalue weighted by Crippen LogP contribution is 2.38. The van der Waals surface area contributed by atoms with Crippen molar-refractivity contribution in [3.63, 3.8) is 0 Å². The summed E-state index contributed by atoms with van der Waals surface area (Å²) in [5.41, 5.74) is 1.06. The average molecular weight is 337 g/mol. The SMILES string of the molecule is O=C(O)C1CCCCN1C(c1ccncc1)c1ccc(Cl)s1. The van der Waals surface area contributed by atoms with Crippen LogP contribution in [0.25, 0.3) is 0 Å². The molecule has 6 heteroatoms. The van der Waals surface area contributed by atoms with Gasteiger partial charge in [0.2, 0.25) is 0 Å². The molecule has 1 N–H and O–H groups in total. The van der Waals surface area contributed by atoms with Gasteiger partial charge in [-0.2, -0.15) is 0 Å². The normalized spacial score (nSPS) is 20.7. The minimum Gasteiger partial charge on any atom is -0.480 e. The second-order valence-corrected chi connectivity index (χ2v) is 7.16. The first-order chi connectivity index (χ1) is 10.7. The van der Waals surface area contributed by atoms with E-state index in [1.54, 1.807) is 12.4 Å². The van der Waals surface area contributed by atoms with Crippen molar-refractivity contribution in [1.82, 2.24) is 9.88 Å². The second-order valence-electron chi connectivity index (χ2n) is 5.41. The number of aromatic nitrogens is 1. The fourth-order valence-electron chi connectivity index (χ4n) is 3.07. The van der Waals surface area contributed by atoms with E-state index < -0.39 is 12.0 Å². The van der Waals surface area contributed by atoms with E-state index in [0.717, 1.165) is 34.2 Å². The number of pyridine rings is 1. The van der Waals surface area contributed by atoms with Gasteiger partial charge in [-0.25, -0.2) is 0 Å². The van der Waals surface area contributed by atoms with Gasteiger partial charge >= 0.3 is 5.97 Å². The Balaban J connectivity index is 2.02. The zero-order valence-corrected chi connectivity index (χ0v) is 13.6. The standard InChI is InChI=1S/C16H17ClN2O2S/c17-14-5-4-13(22-14)15(11-6-8-18-9-7-11)19-10-2-1-3-12(19)16(20)21/h4-9,12,15H,1-3,10H2,(H,20,21). The zero-order valence-electron chi connectivity index (χ0n) is 12.0. The van der Waals surface area contributed by atoms with Crippen molar-refractivity contribution in [3.8, 4) is 0 Å². The van der Waals surface area contributed by atoms with E-state index in [9.17, 15) is 9.90 Å². The van der Waals surface area contributed by atoms with E-state index in [-0.39, 0.29) is 6.04 Å². The molecule has 2 unspecified atom stereocenters. The van der Waals surface area contributed by atoms with Crippen molar-refractivity contribution in [2.45, 2.75) is 31.3 Å².